The fraction of sp³-hybridized carbons (Fsp3) is 0.462. The molecule has 0 radical (unpaired) electrons. The summed E-state index contributed by atoms with van der Waals surface area (Å²) in [6.45, 7) is 2.00. The summed E-state index contributed by atoms with van der Waals surface area (Å²) in [6, 6.07) is 6.41. The molecular formula is C13H17N5. The van der Waals surface area contributed by atoms with Crippen molar-refractivity contribution in [2.75, 3.05) is 5.73 Å². The topological polar surface area (TPSA) is 69.6 Å². The standard InChI is InChI=1S/C13H17N5/c1-9-5-4-8-11(12(9)14)13-15-16-17-18(13)10-6-2-3-7-10/h4-5,8,10H,2-3,6-7,14H2,1H3. The van der Waals surface area contributed by atoms with Gasteiger partial charge in [-0.25, -0.2) is 4.68 Å². The van der Waals surface area contributed by atoms with Crippen LogP contribution < -0.4 is 5.73 Å². The SMILES string of the molecule is Cc1cccc(-c2nnnn2C2CCCC2)c1N. The first-order valence-electron chi connectivity index (χ1n) is 6.40. The molecule has 1 aliphatic carbocycles. The van der Waals surface area contributed by atoms with Crippen LogP contribution in [0.5, 0.6) is 0 Å². The molecule has 0 bridgehead atoms. The molecule has 0 aliphatic heterocycles. The maximum absolute atomic E-state index is 6.13. The summed E-state index contributed by atoms with van der Waals surface area (Å²) in [5, 5.41) is 12.1. The van der Waals surface area contributed by atoms with E-state index in [1.807, 2.05) is 29.8 Å². The molecule has 5 heteroatoms. The van der Waals surface area contributed by atoms with E-state index in [4.69, 9.17) is 5.73 Å². The number of benzene rings is 1. The maximum atomic E-state index is 6.13. The molecule has 1 fully saturated rings. The van der Waals surface area contributed by atoms with E-state index < -0.39 is 0 Å². The van der Waals surface area contributed by atoms with Gasteiger partial charge in [0, 0.05) is 11.3 Å². The Morgan fingerprint density at radius 1 is 1.28 bits per heavy atom. The van der Waals surface area contributed by atoms with Crippen molar-refractivity contribution in [3.05, 3.63) is 23.8 Å². The molecule has 1 saturated carbocycles. The molecule has 5 nitrogen and oxygen atoms in total. The summed E-state index contributed by atoms with van der Waals surface area (Å²) in [7, 11) is 0. The van der Waals surface area contributed by atoms with Gasteiger partial charge in [-0.15, -0.1) is 5.10 Å². The predicted octanol–water partition coefficient (Wildman–Crippen LogP) is 2.35. The van der Waals surface area contributed by atoms with Crippen molar-refractivity contribution in [2.45, 2.75) is 38.6 Å². The van der Waals surface area contributed by atoms with Gasteiger partial charge in [-0.1, -0.05) is 25.0 Å². The van der Waals surface area contributed by atoms with Gasteiger partial charge in [0.25, 0.3) is 0 Å². The van der Waals surface area contributed by atoms with E-state index in [-0.39, 0.29) is 0 Å². The largest absolute Gasteiger partial charge is 0.398 e. The smallest absolute Gasteiger partial charge is 0.184 e. The summed E-state index contributed by atoms with van der Waals surface area (Å²) >= 11 is 0. The van der Waals surface area contributed by atoms with Crippen LogP contribution in [0.2, 0.25) is 0 Å². The first-order valence-corrected chi connectivity index (χ1v) is 6.40. The zero-order valence-corrected chi connectivity index (χ0v) is 10.5. The second-order valence-corrected chi connectivity index (χ2v) is 4.92. The number of aromatic nitrogens is 4. The Hall–Kier alpha value is -1.91. The molecular weight excluding hydrogens is 226 g/mol. The van der Waals surface area contributed by atoms with Gasteiger partial charge in [0.2, 0.25) is 0 Å². The summed E-state index contributed by atoms with van der Waals surface area (Å²) in [5.41, 5.74) is 8.90. The molecule has 2 aromatic rings. The average Bonchev–Trinajstić information content (AvgIpc) is 3.01. The Morgan fingerprint density at radius 2 is 2.06 bits per heavy atom. The van der Waals surface area contributed by atoms with Gasteiger partial charge in [0.15, 0.2) is 5.82 Å². The van der Waals surface area contributed by atoms with Crippen LogP contribution in [-0.4, -0.2) is 20.2 Å². The highest BCUT2D eigenvalue weighted by Gasteiger charge is 2.23. The van der Waals surface area contributed by atoms with Crippen LogP contribution in [0.25, 0.3) is 11.4 Å². The van der Waals surface area contributed by atoms with Crippen molar-refractivity contribution in [3.8, 4) is 11.4 Å². The van der Waals surface area contributed by atoms with Gasteiger partial charge in [-0.2, -0.15) is 0 Å². The monoisotopic (exact) mass is 243 g/mol. The van der Waals surface area contributed by atoms with Gasteiger partial charge in [0.05, 0.1) is 6.04 Å². The zero-order chi connectivity index (χ0) is 12.5. The molecule has 2 N–H and O–H groups in total. The van der Waals surface area contributed by atoms with Crippen LogP contribution in [0.1, 0.15) is 37.3 Å². The lowest BCUT2D eigenvalue weighted by atomic mass is 10.1. The second kappa shape index (κ2) is 4.40. The molecule has 1 aliphatic rings. The molecule has 18 heavy (non-hydrogen) atoms. The quantitative estimate of drug-likeness (QED) is 0.822. The summed E-state index contributed by atoms with van der Waals surface area (Å²) in [4.78, 5) is 0. The van der Waals surface area contributed by atoms with E-state index in [1.165, 1.54) is 12.8 Å². The van der Waals surface area contributed by atoms with Crippen LogP contribution >= 0.6 is 0 Å². The molecule has 0 atom stereocenters. The maximum Gasteiger partial charge on any atom is 0.184 e. The van der Waals surface area contributed by atoms with E-state index in [0.29, 0.717) is 6.04 Å². The first kappa shape index (κ1) is 11.2. The highest BCUT2D eigenvalue weighted by Crippen LogP contribution is 2.33. The molecule has 1 aromatic carbocycles. The van der Waals surface area contributed by atoms with Gasteiger partial charge >= 0.3 is 0 Å². The van der Waals surface area contributed by atoms with Crippen LogP contribution in [0.4, 0.5) is 5.69 Å². The van der Waals surface area contributed by atoms with Gasteiger partial charge in [-0.05, 0) is 41.8 Å². The molecule has 0 spiro atoms. The Kier molecular flexibility index (Phi) is 2.74. The Balaban J connectivity index is 2.06. The first-order chi connectivity index (χ1) is 8.77. The Bertz CT molecular complexity index is 554. The lowest BCUT2D eigenvalue weighted by molar-refractivity contribution is 0.458. The second-order valence-electron chi connectivity index (χ2n) is 4.92. The third-order valence-corrected chi connectivity index (χ3v) is 3.73. The number of anilines is 1. The predicted molar refractivity (Wildman–Crippen MR) is 69.9 cm³/mol. The Labute approximate surface area is 106 Å². The third kappa shape index (κ3) is 1.75. The number of aryl methyl sites for hydroxylation is 1. The van der Waals surface area contributed by atoms with E-state index in [0.717, 1.165) is 35.5 Å². The number of hydrogen-bond donors (Lipinski definition) is 1. The normalized spacial score (nSPS) is 16.3. The number of nitrogens with zero attached hydrogens (tertiary/aromatic N) is 4. The number of nitrogen functional groups attached to an aromatic ring is 1. The number of tetrazole rings is 1. The van der Waals surface area contributed by atoms with Crippen molar-refractivity contribution >= 4 is 5.69 Å². The Morgan fingerprint density at radius 3 is 2.83 bits per heavy atom. The molecule has 3 rings (SSSR count). The van der Waals surface area contributed by atoms with E-state index in [2.05, 4.69) is 15.5 Å². The molecule has 94 valence electrons. The fourth-order valence-corrected chi connectivity index (χ4v) is 2.64. The van der Waals surface area contributed by atoms with Crippen LogP contribution in [0.15, 0.2) is 18.2 Å². The van der Waals surface area contributed by atoms with Gasteiger partial charge < -0.3 is 5.73 Å². The lowest BCUT2D eigenvalue weighted by Gasteiger charge is -2.13. The van der Waals surface area contributed by atoms with Crippen molar-refractivity contribution in [1.29, 1.82) is 0 Å². The number of para-hydroxylation sites is 1. The summed E-state index contributed by atoms with van der Waals surface area (Å²) in [6.07, 6.45) is 4.83. The molecule has 0 unspecified atom stereocenters. The van der Waals surface area contributed by atoms with Crippen molar-refractivity contribution in [1.82, 2.24) is 20.2 Å². The van der Waals surface area contributed by atoms with E-state index in [9.17, 15) is 0 Å². The number of hydrogen-bond acceptors (Lipinski definition) is 4. The molecule has 0 saturated heterocycles. The van der Waals surface area contributed by atoms with Crippen LogP contribution in [0.3, 0.4) is 0 Å². The average molecular weight is 243 g/mol. The highest BCUT2D eigenvalue weighted by molar-refractivity contribution is 5.74. The van der Waals surface area contributed by atoms with E-state index in [1.54, 1.807) is 0 Å². The minimum Gasteiger partial charge on any atom is -0.398 e. The highest BCUT2D eigenvalue weighted by atomic mass is 15.5. The van der Waals surface area contributed by atoms with Gasteiger partial charge in [-0.3, -0.25) is 0 Å². The minimum atomic E-state index is 0.426. The van der Waals surface area contributed by atoms with Crippen molar-refractivity contribution in [3.63, 3.8) is 0 Å². The number of nitrogens with two attached hydrogens (primary N) is 1. The van der Waals surface area contributed by atoms with Crippen LogP contribution in [0, 0.1) is 6.92 Å². The third-order valence-electron chi connectivity index (χ3n) is 3.73. The van der Waals surface area contributed by atoms with Gasteiger partial charge in [0.1, 0.15) is 0 Å². The van der Waals surface area contributed by atoms with Crippen molar-refractivity contribution < 1.29 is 0 Å². The molecule has 1 heterocycles. The van der Waals surface area contributed by atoms with Crippen LogP contribution in [-0.2, 0) is 0 Å². The van der Waals surface area contributed by atoms with Crippen molar-refractivity contribution in [2.24, 2.45) is 0 Å². The summed E-state index contributed by atoms with van der Waals surface area (Å²) < 4.78 is 1.94. The molecule has 1 aromatic heterocycles. The zero-order valence-electron chi connectivity index (χ0n) is 10.5. The molecule has 0 amide bonds. The lowest BCUT2D eigenvalue weighted by Crippen LogP contribution is -2.09. The fourth-order valence-electron chi connectivity index (χ4n) is 2.64. The number of rotatable bonds is 2. The minimum absolute atomic E-state index is 0.426. The van der Waals surface area contributed by atoms with E-state index >= 15 is 0 Å². The summed E-state index contributed by atoms with van der Waals surface area (Å²) in [5.74, 6) is 0.795.